The first-order valence-electron chi connectivity index (χ1n) is 11.8. The number of rotatable bonds is 7. The highest BCUT2D eigenvalue weighted by Gasteiger charge is 2.71. The van der Waals surface area contributed by atoms with Crippen LogP contribution in [0.15, 0.2) is 24.0 Å². The minimum atomic E-state index is -1.31. The van der Waals surface area contributed by atoms with Crippen LogP contribution >= 0.6 is 0 Å². The predicted molar refractivity (Wildman–Crippen MR) is 119 cm³/mol. The number of benzene rings is 1. The first-order chi connectivity index (χ1) is 16.6. The van der Waals surface area contributed by atoms with Gasteiger partial charge in [-0.1, -0.05) is 12.1 Å². The monoisotopic (exact) mass is 487 g/mol. The van der Waals surface area contributed by atoms with E-state index in [1.807, 2.05) is 19.2 Å². The Balaban J connectivity index is 1.41. The first-order valence-corrected chi connectivity index (χ1v) is 11.8. The van der Waals surface area contributed by atoms with Gasteiger partial charge in [0.2, 0.25) is 0 Å². The van der Waals surface area contributed by atoms with Gasteiger partial charge in [-0.05, 0) is 45.0 Å². The molecular weight excluding hydrogens is 458 g/mol. The van der Waals surface area contributed by atoms with Crippen molar-refractivity contribution in [2.75, 3.05) is 13.6 Å². The van der Waals surface area contributed by atoms with Gasteiger partial charge >= 0.3 is 17.9 Å². The van der Waals surface area contributed by atoms with E-state index in [1.54, 1.807) is 6.08 Å². The van der Waals surface area contributed by atoms with Crippen LogP contribution in [0.1, 0.15) is 49.3 Å². The number of hydrogen-bond donors (Lipinski definition) is 3. The van der Waals surface area contributed by atoms with E-state index in [9.17, 15) is 24.6 Å². The number of aliphatic hydroxyl groups excluding tert-OH is 1. The number of likely N-dealkylation sites (N-methyl/N-ethyl adjacent to an activating group) is 1. The average Bonchev–Trinajstić information content (AvgIpc) is 3.17. The summed E-state index contributed by atoms with van der Waals surface area (Å²) < 4.78 is 16.8. The van der Waals surface area contributed by atoms with E-state index < -0.39 is 41.1 Å². The number of piperidine rings is 1. The molecule has 35 heavy (non-hydrogen) atoms. The van der Waals surface area contributed by atoms with Crippen LogP contribution in [0.4, 0.5) is 0 Å². The van der Waals surface area contributed by atoms with Crippen molar-refractivity contribution < 1.29 is 43.9 Å². The average molecular weight is 488 g/mol. The van der Waals surface area contributed by atoms with Gasteiger partial charge in [0.25, 0.3) is 0 Å². The number of carboxylic acid groups (broad SMARTS) is 1. The lowest BCUT2D eigenvalue weighted by Gasteiger charge is -2.61. The van der Waals surface area contributed by atoms with Crippen molar-refractivity contribution in [1.29, 1.82) is 0 Å². The summed E-state index contributed by atoms with van der Waals surface area (Å²) in [7, 11) is 2.00. The van der Waals surface area contributed by atoms with E-state index in [0.29, 0.717) is 24.2 Å². The van der Waals surface area contributed by atoms with E-state index in [2.05, 4.69) is 4.90 Å². The number of esters is 2. The molecule has 2 bridgehead atoms. The highest BCUT2D eigenvalue weighted by molar-refractivity contribution is 5.81. The van der Waals surface area contributed by atoms with Gasteiger partial charge < -0.3 is 34.4 Å². The molecule has 2 aliphatic carbocycles. The third kappa shape index (κ3) is 3.38. The quantitative estimate of drug-likeness (QED) is 0.473. The maximum absolute atomic E-state index is 12.6. The van der Waals surface area contributed by atoms with Crippen molar-refractivity contribution in [3.05, 3.63) is 40.7 Å². The molecule has 0 unspecified atom stereocenters. The van der Waals surface area contributed by atoms with Gasteiger partial charge in [0.15, 0.2) is 12.2 Å². The molecule has 0 amide bonds. The van der Waals surface area contributed by atoms with Crippen LogP contribution < -0.4 is 4.74 Å². The molecule has 1 aromatic rings. The van der Waals surface area contributed by atoms with Crippen molar-refractivity contribution in [1.82, 2.24) is 4.90 Å². The lowest BCUT2D eigenvalue weighted by atomic mass is 9.50. The number of carbonyl (C=O) groups excluding carboxylic acids is 2. The summed E-state index contributed by atoms with van der Waals surface area (Å²) >= 11 is 0. The Kier molecular flexibility index (Phi) is 5.65. The van der Waals surface area contributed by atoms with E-state index in [4.69, 9.17) is 19.3 Å². The van der Waals surface area contributed by atoms with Crippen LogP contribution in [-0.4, -0.2) is 75.6 Å². The SMILES string of the molecule is C[C@H](OC(=O)CCC(=O)OC1=CC[C@@]2(O)[C@H]3Cc4ccc(CO)c5c4[C@@]2(CCN3C)[C@H]1O5)C(=O)O. The molecule has 1 fully saturated rings. The molecule has 0 aromatic heterocycles. The van der Waals surface area contributed by atoms with Crippen molar-refractivity contribution in [2.24, 2.45) is 0 Å². The maximum Gasteiger partial charge on any atom is 0.344 e. The number of nitrogens with zero attached hydrogens (tertiary/aromatic N) is 1. The Morgan fingerprint density at radius 3 is 2.71 bits per heavy atom. The van der Waals surface area contributed by atoms with Crippen LogP contribution in [0, 0.1) is 0 Å². The van der Waals surface area contributed by atoms with Crippen LogP contribution in [0.5, 0.6) is 5.75 Å². The minimum Gasteiger partial charge on any atom is -0.481 e. The number of carboxylic acids is 1. The molecule has 10 nitrogen and oxygen atoms in total. The van der Waals surface area contributed by atoms with Gasteiger partial charge in [-0.3, -0.25) is 9.59 Å². The molecule has 1 aromatic carbocycles. The highest BCUT2D eigenvalue weighted by atomic mass is 16.6. The van der Waals surface area contributed by atoms with Crippen molar-refractivity contribution in [3.63, 3.8) is 0 Å². The zero-order valence-electron chi connectivity index (χ0n) is 19.7. The molecule has 4 aliphatic rings. The highest BCUT2D eigenvalue weighted by Crippen LogP contribution is 2.64. The van der Waals surface area contributed by atoms with Crippen molar-refractivity contribution in [2.45, 2.75) is 74.9 Å². The largest absolute Gasteiger partial charge is 0.481 e. The topological polar surface area (TPSA) is 143 Å². The fraction of sp³-hybridized carbons (Fsp3) is 0.560. The Morgan fingerprint density at radius 2 is 2.00 bits per heavy atom. The first kappa shape index (κ1) is 23.8. The second-order valence-corrected chi connectivity index (χ2v) is 9.85. The molecular formula is C25H29NO9. The molecule has 0 saturated carbocycles. The van der Waals surface area contributed by atoms with E-state index in [0.717, 1.165) is 17.7 Å². The van der Waals surface area contributed by atoms with E-state index in [1.165, 1.54) is 6.92 Å². The molecule has 10 heteroatoms. The van der Waals surface area contributed by atoms with Gasteiger partial charge in [0, 0.05) is 23.6 Å². The zero-order valence-corrected chi connectivity index (χ0v) is 19.7. The summed E-state index contributed by atoms with van der Waals surface area (Å²) in [6, 6.07) is 3.68. The normalized spacial score (nSPS) is 31.0. The van der Waals surface area contributed by atoms with Crippen LogP contribution in [0.25, 0.3) is 0 Å². The fourth-order valence-corrected chi connectivity index (χ4v) is 6.32. The Morgan fingerprint density at radius 1 is 1.26 bits per heavy atom. The van der Waals surface area contributed by atoms with Crippen molar-refractivity contribution in [3.8, 4) is 5.75 Å². The summed E-state index contributed by atoms with van der Waals surface area (Å²) in [5.41, 5.74) is 0.619. The molecule has 0 radical (unpaired) electrons. The van der Waals surface area contributed by atoms with Gasteiger partial charge in [-0.25, -0.2) is 4.79 Å². The Labute approximate surface area is 202 Å². The van der Waals surface area contributed by atoms with Gasteiger partial charge in [-0.2, -0.15) is 0 Å². The van der Waals surface area contributed by atoms with Crippen LogP contribution in [-0.2, 0) is 42.3 Å². The molecule has 1 spiro atoms. The van der Waals surface area contributed by atoms with E-state index in [-0.39, 0.29) is 37.7 Å². The zero-order chi connectivity index (χ0) is 25.1. The Bertz CT molecular complexity index is 1130. The smallest absolute Gasteiger partial charge is 0.344 e. The lowest BCUT2D eigenvalue weighted by Crippen LogP contribution is -2.74. The molecule has 188 valence electrons. The summed E-state index contributed by atoms with van der Waals surface area (Å²) in [6.45, 7) is 1.74. The number of aliphatic hydroxyl groups is 2. The van der Waals surface area contributed by atoms with Crippen LogP contribution in [0.3, 0.4) is 0 Å². The fourth-order valence-electron chi connectivity index (χ4n) is 6.32. The molecule has 2 heterocycles. The third-order valence-corrected chi connectivity index (χ3v) is 8.05. The summed E-state index contributed by atoms with van der Waals surface area (Å²) in [5, 5.41) is 30.9. The van der Waals surface area contributed by atoms with Gasteiger partial charge in [-0.15, -0.1) is 0 Å². The van der Waals surface area contributed by atoms with Crippen molar-refractivity contribution >= 4 is 17.9 Å². The summed E-state index contributed by atoms with van der Waals surface area (Å²) in [5.74, 6) is -1.94. The second-order valence-electron chi connectivity index (χ2n) is 9.85. The molecule has 1 saturated heterocycles. The number of ether oxygens (including phenoxy) is 3. The molecule has 5 rings (SSSR count). The van der Waals surface area contributed by atoms with Gasteiger partial charge in [0.1, 0.15) is 11.5 Å². The number of likely N-dealkylation sites (tertiary alicyclic amines) is 1. The molecule has 2 aliphatic heterocycles. The van der Waals surface area contributed by atoms with Gasteiger partial charge in [0.05, 0.1) is 30.5 Å². The molecule has 5 atom stereocenters. The number of carbonyl (C=O) groups is 3. The number of aliphatic carboxylic acids is 1. The number of hydrogen-bond acceptors (Lipinski definition) is 9. The standard InChI is InChI=1S/C25H29NO9/c1-13(23(30)31)33-18(28)5-6-19(29)34-16-7-8-25(32)17-11-14-3-4-15(12-27)21-20(14)24(25,22(16)35-21)9-10-26(17)2/h3-4,7,13,17,22,27,32H,5-6,8-12H2,1-2H3,(H,30,31)/t13-,17+,22-,24-,25+/m0/s1. The maximum atomic E-state index is 12.6. The minimum absolute atomic E-state index is 0.139. The third-order valence-electron chi connectivity index (χ3n) is 8.05. The predicted octanol–water partition coefficient (Wildman–Crippen LogP) is 0.796. The summed E-state index contributed by atoms with van der Waals surface area (Å²) in [4.78, 5) is 37.5. The van der Waals surface area contributed by atoms with E-state index >= 15 is 0 Å². The second kappa shape index (κ2) is 8.32. The summed E-state index contributed by atoms with van der Waals surface area (Å²) in [6.07, 6.45) is 0.526. The molecule has 3 N–H and O–H groups in total. The lowest BCUT2D eigenvalue weighted by molar-refractivity contribution is -0.170. The van der Waals surface area contributed by atoms with Crippen LogP contribution in [0.2, 0.25) is 0 Å². The Hall–Kier alpha value is -2.95.